The molecule has 2 N–H and O–H groups in total. The van der Waals surface area contributed by atoms with E-state index in [4.69, 9.17) is 32.7 Å². The van der Waals surface area contributed by atoms with Crippen molar-refractivity contribution in [2.24, 2.45) is 0 Å². The van der Waals surface area contributed by atoms with Gasteiger partial charge in [0.1, 0.15) is 6.61 Å². The van der Waals surface area contributed by atoms with Gasteiger partial charge in [-0.3, -0.25) is 0 Å². The third kappa shape index (κ3) is 6.36. The van der Waals surface area contributed by atoms with Crippen molar-refractivity contribution < 1.29 is 9.47 Å². The molecule has 0 aliphatic heterocycles. The summed E-state index contributed by atoms with van der Waals surface area (Å²) in [4.78, 5) is 0. The van der Waals surface area contributed by atoms with Gasteiger partial charge in [0.15, 0.2) is 11.5 Å². The highest BCUT2D eigenvalue weighted by molar-refractivity contribution is 6.35. The van der Waals surface area contributed by atoms with Gasteiger partial charge in [0.2, 0.25) is 0 Å². The molecule has 0 spiro atoms. The lowest BCUT2D eigenvalue weighted by Crippen LogP contribution is -2.21. The van der Waals surface area contributed by atoms with Gasteiger partial charge in [-0.05, 0) is 55.9 Å². The van der Waals surface area contributed by atoms with Crippen molar-refractivity contribution in [3.63, 3.8) is 0 Å². The monoisotopic (exact) mass is 396 g/mol. The SMILES string of the molecule is CCNCCCNCc1ccc(OCc2c(Cl)cccc2Cl)c(OC)c1. The zero-order valence-corrected chi connectivity index (χ0v) is 16.8. The summed E-state index contributed by atoms with van der Waals surface area (Å²) < 4.78 is 11.3. The molecule has 2 rings (SSSR count). The van der Waals surface area contributed by atoms with Gasteiger partial charge in [-0.1, -0.05) is 42.3 Å². The molecule has 4 nitrogen and oxygen atoms in total. The van der Waals surface area contributed by atoms with Crippen LogP contribution >= 0.6 is 23.2 Å². The summed E-state index contributed by atoms with van der Waals surface area (Å²) in [5.41, 5.74) is 1.91. The Hall–Kier alpha value is -1.46. The lowest BCUT2D eigenvalue weighted by atomic mass is 10.2. The largest absolute Gasteiger partial charge is 0.493 e. The normalized spacial score (nSPS) is 10.8. The minimum Gasteiger partial charge on any atom is -0.493 e. The summed E-state index contributed by atoms with van der Waals surface area (Å²) in [5, 5.41) is 7.93. The first-order valence-electron chi connectivity index (χ1n) is 8.79. The zero-order chi connectivity index (χ0) is 18.8. The summed E-state index contributed by atoms with van der Waals surface area (Å²) in [6, 6.07) is 11.3. The molecule has 0 bridgehead atoms. The molecule has 0 saturated heterocycles. The van der Waals surface area contributed by atoms with Crippen LogP contribution in [0.4, 0.5) is 0 Å². The van der Waals surface area contributed by atoms with Gasteiger partial charge >= 0.3 is 0 Å². The summed E-state index contributed by atoms with van der Waals surface area (Å²) >= 11 is 12.4. The first-order valence-corrected chi connectivity index (χ1v) is 9.55. The van der Waals surface area contributed by atoms with Crippen LogP contribution < -0.4 is 20.1 Å². The van der Waals surface area contributed by atoms with Crippen LogP contribution in [-0.4, -0.2) is 26.7 Å². The van der Waals surface area contributed by atoms with Crippen LogP contribution in [0.1, 0.15) is 24.5 Å². The molecule has 142 valence electrons. The number of rotatable bonds is 11. The molecule has 6 heteroatoms. The molecule has 0 atom stereocenters. The van der Waals surface area contributed by atoms with E-state index in [9.17, 15) is 0 Å². The molecule has 0 aliphatic carbocycles. The van der Waals surface area contributed by atoms with Crippen molar-refractivity contribution in [2.75, 3.05) is 26.7 Å². The molecule has 0 saturated carbocycles. The Kier molecular flexibility index (Phi) is 9.06. The summed E-state index contributed by atoms with van der Waals surface area (Å²) in [6.45, 7) is 6.21. The number of benzene rings is 2. The van der Waals surface area contributed by atoms with Crippen LogP contribution in [0.5, 0.6) is 11.5 Å². The summed E-state index contributed by atoms with van der Waals surface area (Å²) in [7, 11) is 1.64. The maximum absolute atomic E-state index is 6.19. The molecule has 26 heavy (non-hydrogen) atoms. The highest BCUT2D eigenvalue weighted by Crippen LogP contribution is 2.31. The summed E-state index contributed by atoms with van der Waals surface area (Å²) in [6.07, 6.45) is 1.10. The average Bonchev–Trinajstić information content (AvgIpc) is 2.64. The number of nitrogens with one attached hydrogen (secondary N) is 2. The van der Waals surface area contributed by atoms with Crippen LogP contribution in [0.3, 0.4) is 0 Å². The third-order valence-corrected chi connectivity index (χ3v) is 4.66. The molecule has 0 unspecified atom stereocenters. The van der Waals surface area contributed by atoms with Gasteiger partial charge in [0.05, 0.1) is 7.11 Å². The van der Waals surface area contributed by atoms with E-state index in [1.54, 1.807) is 19.2 Å². The Morgan fingerprint density at radius 3 is 2.38 bits per heavy atom. The van der Waals surface area contributed by atoms with Gasteiger partial charge in [0, 0.05) is 22.2 Å². The van der Waals surface area contributed by atoms with E-state index in [0.717, 1.165) is 43.7 Å². The van der Waals surface area contributed by atoms with Crippen LogP contribution in [0.25, 0.3) is 0 Å². The lowest BCUT2D eigenvalue weighted by Gasteiger charge is -2.14. The number of hydrogen-bond acceptors (Lipinski definition) is 4. The standard InChI is InChI=1S/C20H26Cl2N2O2/c1-3-23-10-5-11-24-13-15-8-9-19(20(12-15)25-2)26-14-16-17(21)6-4-7-18(16)22/h4,6-9,12,23-24H,3,5,10-11,13-14H2,1-2H3. The third-order valence-electron chi connectivity index (χ3n) is 3.95. The molecule has 0 amide bonds. The first kappa shape index (κ1) is 20.8. The Labute approximate surface area is 165 Å². The molecular weight excluding hydrogens is 371 g/mol. The quantitative estimate of drug-likeness (QED) is 0.541. The fraction of sp³-hybridized carbons (Fsp3) is 0.400. The van der Waals surface area contributed by atoms with Crippen molar-refractivity contribution >= 4 is 23.2 Å². The van der Waals surface area contributed by atoms with Gasteiger partial charge in [-0.2, -0.15) is 0 Å². The van der Waals surface area contributed by atoms with E-state index >= 15 is 0 Å². The van der Waals surface area contributed by atoms with Crippen molar-refractivity contribution in [1.82, 2.24) is 10.6 Å². The van der Waals surface area contributed by atoms with E-state index < -0.39 is 0 Å². The van der Waals surface area contributed by atoms with E-state index in [1.165, 1.54) is 0 Å². The molecule has 0 aliphatic rings. The Morgan fingerprint density at radius 1 is 0.962 bits per heavy atom. The van der Waals surface area contributed by atoms with Crippen molar-refractivity contribution in [1.29, 1.82) is 0 Å². The second kappa shape index (κ2) is 11.3. The molecule has 2 aromatic rings. The van der Waals surface area contributed by atoms with Gasteiger partial charge < -0.3 is 20.1 Å². The highest BCUT2D eigenvalue weighted by atomic mass is 35.5. The average molecular weight is 397 g/mol. The molecule has 2 aromatic carbocycles. The summed E-state index contributed by atoms with van der Waals surface area (Å²) in [5.74, 6) is 1.36. The predicted octanol–water partition coefficient (Wildman–Crippen LogP) is 4.67. The maximum Gasteiger partial charge on any atom is 0.161 e. The minimum atomic E-state index is 0.289. The minimum absolute atomic E-state index is 0.289. The first-order chi connectivity index (χ1) is 12.7. The Balaban J connectivity index is 1.91. The molecular formula is C20H26Cl2N2O2. The number of hydrogen-bond donors (Lipinski definition) is 2. The maximum atomic E-state index is 6.19. The second-order valence-corrected chi connectivity index (χ2v) is 6.67. The zero-order valence-electron chi connectivity index (χ0n) is 15.3. The second-order valence-electron chi connectivity index (χ2n) is 5.86. The molecule has 0 heterocycles. The fourth-order valence-electron chi connectivity index (χ4n) is 2.51. The van der Waals surface area contributed by atoms with Gasteiger partial charge in [-0.25, -0.2) is 0 Å². The molecule has 0 fully saturated rings. The Morgan fingerprint density at radius 2 is 1.69 bits per heavy atom. The van der Waals surface area contributed by atoms with Crippen molar-refractivity contribution in [2.45, 2.75) is 26.5 Å². The highest BCUT2D eigenvalue weighted by Gasteiger charge is 2.10. The van der Waals surface area contributed by atoms with Crippen LogP contribution in [-0.2, 0) is 13.2 Å². The van der Waals surface area contributed by atoms with Gasteiger partial charge in [-0.15, -0.1) is 0 Å². The Bertz CT molecular complexity index is 675. The van der Waals surface area contributed by atoms with E-state index in [-0.39, 0.29) is 6.61 Å². The van der Waals surface area contributed by atoms with E-state index in [0.29, 0.717) is 21.5 Å². The topological polar surface area (TPSA) is 42.5 Å². The van der Waals surface area contributed by atoms with Crippen LogP contribution in [0.2, 0.25) is 10.0 Å². The van der Waals surface area contributed by atoms with Gasteiger partial charge in [0.25, 0.3) is 0 Å². The van der Waals surface area contributed by atoms with E-state index in [1.807, 2.05) is 24.3 Å². The predicted molar refractivity (Wildman–Crippen MR) is 109 cm³/mol. The number of halogens is 2. The van der Waals surface area contributed by atoms with E-state index in [2.05, 4.69) is 17.6 Å². The number of methoxy groups -OCH3 is 1. The lowest BCUT2D eigenvalue weighted by molar-refractivity contribution is 0.284. The molecule has 0 aromatic heterocycles. The van der Waals surface area contributed by atoms with Crippen molar-refractivity contribution in [3.8, 4) is 11.5 Å². The molecule has 0 radical (unpaired) electrons. The number of ether oxygens (including phenoxy) is 2. The fourth-order valence-corrected chi connectivity index (χ4v) is 3.02. The van der Waals surface area contributed by atoms with Crippen LogP contribution in [0, 0.1) is 0 Å². The smallest absolute Gasteiger partial charge is 0.161 e. The van der Waals surface area contributed by atoms with Crippen LogP contribution in [0.15, 0.2) is 36.4 Å². The van der Waals surface area contributed by atoms with Crippen molar-refractivity contribution in [3.05, 3.63) is 57.6 Å².